The minimum Gasteiger partial charge on any atom is -0.313 e. The maximum Gasteiger partial charge on any atom is 0.0487 e. The first-order valence-corrected chi connectivity index (χ1v) is 9.40. The van der Waals surface area contributed by atoms with E-state index < -0.39 is 8.07 Å². The molecule has 15 heavy (non-hydrogen) atoms. The molecule has 0 aliphatic carbocycles. The van der Waals surface area contributed by atoms with E-state index in [1.807, 2.05) is 7.05 Å². The topological polar surface area (TPSA) is 12.0 Å². The van der Waals surface area contributed by atoms with Crippen molar-refractivity contribution in [1.82, 2.24) is 5.32 Å². The van der Waals surface area contributed by atoms with Gasteiger partial charge in [-0.25, -0.2) is 0 Å². The zero-order chi connectivity index (χ0) is 11.5. The zero-order valence-corrected chi connectivity index (χ0v) is 11.6. The van der Waals surface area contributed by atoms with Gasteiger partial charge in [-0.3, -0.25) is 0 Å². The predicted octanol–water partition coefficient (Wildman–Crippen LogP) is 3.39. The first-order chi connectivity index (χ1) is 6.94. The van der Waals surface area contributed by atoms with Crippen LogP contribution in [-0.4, -0.2) is 15.1 Å². The summed E-state index contributed by atoms with van der Waals surface area (Å²) < 4.78 is 0. The highest BCUT2D eigenvalue weighted by Gasteiger charge is 2.17. The maximum atomic E-state index is 3.32. The molecule has 0 heterocycles. The molecule has 0 aliphatic heterocycles. The molecule has 1 aromatic carbocycles. The molecule has 0 saturated heterocycles. The molecule has 0 aliphatic rings. The molecule has 0 amide bonds. The van der Waals surface area contributed by atoms with Crippen molar-refractivity contribution in [2.24, 2.45) is 0 Å². The van der Waals surface area contributed by atoms with Gasteiger partial charge in [0.2, 0.25) is 0 Å². The molecule has 1 unspecified atom stereocenters. The van der Waals surface area contributed by atoms with Crippen molar-refractivity contribution in [1.29, 1.82) is 0 Å². The molecular weight excluding hydrogens is 198 g/mol. The van der Waals surface area contributed by atoms with E-state index in [-0.39, 0.29) is 0 Å². The lowest BCUT2D eigenvalue weighted by molar-refractivity contribution is 0.647. The summed E-state index contributed by atoms with van der Waals surface area (Å²) in [5, 5.41) is 3.32. The third-order valence-corrected chi connectivity index (χ3v) is 4.12. The number of hydrogen-bond acceptors (Lipinski definition) is 1. The molecule has 0 saturated carbocycles. The van der Waals surface area contributed by atoms with Crippen LogP contribution in [0.3, 0.4) is 0 Å². The van der Waals surface area contributed by atoms with Gasteiger partial charge in [0.05, 0.1) is 0 Å². The Morgan fingerprint density at radius 2 is 1.80 bits per heavy atom. The molecule has 1 N–H and O–H groups in total. The van der Waals surface area contributed by atoms with Crippen molar-refractivity contribution in [2.45, 2.75) is 38.7 Å². The van der Waals surface area contributed by atoms with Gasteiger partial charge in [0.15, 0.2) is 0 Å². The van der Waals surface area contributed by atoms with E-state index in [0.29, 0.717) is 6.04 Å². The normalized spacial score (nSPS) is 13.9. The van der Waals surface area contributed by atoms with Crippen LogP contribution in [0.2, 0.25) is 19.6 Å². The number of rotatable bonds is 4. The van der Waals surface area contributed by atoms with Gasteiger partial charge in [-0.15, -0.1) is 0 Å². The molecule has 84 valence electrons. The van der Waals surface area contributed by atoms with E-state index in [4.69, 9.17) is 0 Å². The van der Waals surface area contributed by atoms with Gasteiger partial charge in [0.1, 0.15) is 0 Å². The van der Waals surface area contributed by atoms with Crippen LogP contribution in [0.25, 0.3) is 0 Å². The van der Waals surface area contributed by atoms with Crippen LogP contribution in [0.4, 0.5) is 0 Å². The van der Waals surface area contributed by atoms with Gasteiger partial charge in [-0.2, -0.15) is 0 Å². The van der Waals surface area contributed by atoms with E-state index >= 15 is 0 Å². The Balaban J connectivity index is 2.96. The maximum absolute atomic E-state index is 3.32. The predicted molar refractivity (Wildman–Crippen MR) is 71.0 cm³/mol. The molecule has 0 spiro atoms. The molecule has 1 atom stereocenters. The van der Waals surface area contributed by atoms with Gasteiger partial charge in [-0.1, -0.05) is 43.9 Å². The molecule has 2 heteroatoms. The standard InChI is InChI=1S/C13H23NSi/c1-11(14-2)13-9-7-6-8-12(13)10-15(3,4)5/h6-9,11,14H,10H2,1-5H3. The lowest BCUT2D eigenvalue weighted by Crippen LogP contribution is -2.26. The highest BCUT2D eigenvalue weighted by molar-refractivity contribution is 6.75. The fourth-order valence-corrected chi connectivity index (χ4v) is 3.31. The number of nitrogens with one attached hydrogen (secondary N) is 1. The van der Waals surface area contributed by atoms with Gasteiger partial charge in [0.25, 0.3) is 0 Å². The number of benzene rings is 1. The summed E-state index contributed by atoms with van der Waals surface area (Å²) in [6.07, 6.45) is 0. The summed E-state index contributed by atoms with van der Waals surface area (Å²) in [5.41, 5.74) is 2.99. The molecule has 0 radical (unpaired) electrons. The fourth-order valence-electron chi connectivity index (χ4n) is 1.84. The Kier molecular flexibility index (Phi) is 4.11. The average molecular weight is 221 g/mol. The SMILES string of the molecule is CNC(C)c1ccccc1C[Si](C)(C)C. The smallest absolute Gasteiger partial charge is 0.0487 e. The van der Waals surface area contributed by atoms with Crippen molar-refractivity contribution in [3.8, 4) is 0 Å². The summed E-state index contributed by atoms with van der Waals surface area (Å²) in [7, 11) is 1.01. The van der Waals surface area contributed by atoms with Crippen molar-refractivity contribution < 1.29 is 0 Å². The van der Waals surface area contributed by atoms with Crippen LogP contribution in [-0.2, 0) is 6.04 Å². The molecule has 0 bridgehead atoms. The average Bonchev–Trinajstić information content (AvgIpc) is 2.15. The van der Waals surface area contributed by atoms with Crippen LogP contribution in [0.15, 0.2) is 24.3 Å². The van der Waals surface area contributed by atoms with E-state index in [0.717, 1.165) is 0 Å². The summed E-state index contributed by atoms with van der Waals surface area (Å²) in [6.45, 7) is 9.50. The molecule has 1 nitrogen and oxygen atoms in total. The quantitative estimate of drug-likeness (QED) is 0.769. The zero-order valence-electron chi connectivity index (χ0n) is 10.6. The van der Waals surface area contributed by atoms with E-state index in [1.165, 1.54) is 17.2 Å². The first kappa shape index (κ1) is 12.5. The lowest BCUT2D eigenvalue weighted by atomic mass is 10.0. The number of hydrogen-bond donors (Lipinski definition) is 1. The highest BCUT2D eigenvalue weighted by Crippen LogP contribution is 2.21. The van der Waals surface area contributed by atoms with E-state index in [1.54, 1.807) is 0 Å². The summed E-state index contributed by atoms with van der Waals surface area (Å²) in [6, 6.07) is 10.5. The third kappa shape index (κ3) is 3.80. The van der Waals surface area contributed by atoms with Crippen molar-refractivity contribution >= 4 is 8.07 Å². The van der Waals surface area contributed by atoms with Crippen molar-refractivity contribution in [3.05, 3.63) is 35.4 Å². The van der Waals surface area contributed by atoms with Crippen LogP contribution in [0.1, 0.15) is 24.1 Å². The van der Waals surface area contributed by atoms with E-state index in [2.05, 4.69) is 56.1 Å². The van der Waals surface area contributed by atoms with Gasteiger partial charge < -0.3 is 5.32 Å². The Morgan fingerprint density at radius 3 is 2.33 bits per heavy atom. The summed E-state index contributed by atoms with van der Waals surface area (Å²) >= 11 is 0. The molecule has 0 fully saturated rings. The molecule has 0 aromatic heterocycles. The second-order valence-corrected chi connectivity index (χ2v) is 10.9. The Hall–Kier alpha value is -0.603. The Morgan fingerprint density at radius 1 is 1.20 bits per heavy atom. The Labute approximate surface area is 94.9 Å². The largest absolute Gasteiger partial charge is 0.313 e. The molecule has 1 rings (SSSR count). The lowest BCUT2D eigenvalue weighted by Gasteiger charge is -2.21. The molecular formula is C13H23NSi. The third-order valence-electron chi connectivity index (χ3n) is 2.68. The molecule has 1 aromatic rings. The van der Waals surface area contributed by atoms with E-state index in [9.17, 15) is 0 Å². The van der Waals surface area contributed by atoms with Crippen molar-refractivity contribution in [2.75, 3.05) is 7.05 Å². The minimum atomic E-state index is -1.02. The Bertz CT molecular complexity index is 315. The van der Waals surface area contributed by atoms with Crippen LogP contribution < -0.4 is 5.32 Å². The first-order valence-electron chi connectivity index (χ1n) is 5.69. The fraction of sp³-hybridized carbons (Fsp3) is 0.538. The van der Waals surface area contributed by atoms with Crippen LogP contribution in [0, 0.1) is 0 Å². The van der Waals surface area contributed by atoms with Crippen LogP contribution >= 0.6 is 0 Å². The minimum absolute atomic E-state index is 0.456. The van der Waals surface area contributed by atoms with Crippen molar-refractivity contribution in [3.63, 3.8) is 0 Å². The second-order valence-electron chi connectivity index (χ2n) is 5.45. The van der Waals surface area contributed by atoms with Gasteiger partial charge in [0, 0.05) is 14.1 Å². The summed E-state index contributed by atoms with van der Waals surface area (Å²) in [4.78, 5) is 0. The van der Waals surface area contributed by atoms with Crippen LogP contribution in [0.5, 0.6) is 0 Å². The second kappa shape index (κ2) is 4.95. The highest BCUT2D eigenvalue weighted by atomic mass is 28.3. The monoisotopic (exact) mass is 221 g/mol. The van der Waals surface area contributed by atoms with Gasteiger partial charge >= 0.3 is 0 Å². The summed E-state index contributed by atoms with van der Waals surface area (Å²) in [5.74, 6) is 0. The van der Waals surface area contributed by atoms with Gasteiger partial charge in [-0.05, 0) is 31.1 Å².